The number of benzene rings is 5. The maximum absolute atomic E-state index is 11.2. The van der Waals surface area contributed by atoms with Gasteiger partial charge >= 0.3 is 0 Å². The van der Waals surface area contributed by atoms with Gasteiger partial charge in [0, 0.05) is 10.8 Å². The van der Waals surface area contributed by atoms with Crippen LogP contribution in [-0.2, 0) is 15.6 Å². The molecule has 0 bridgehead atoms. The molecule has 0 unspecified atom stereocenters. The Morgan fingerprint density at radius 2 is 1.07 bits per heavy atom. The van der Waals surface area contributed by atoms with Gasteiger partial charge in [-0.1, -0.05) is 100 Å². The zero-order valence-electron chi connectivity index (χ0n) is 25.6. The molecule has 5 aromatic carbocycles. The molecular weight excluding hydrogens is 540 g/mol. The van der Waals surface area contributed by atoms with Crippen molar-refractivity contribution >= 4 is 5.78 Å². The summed E-state index contributed by atoms with van der Waals surface area (Å²) >= 11 is 0. The highest BCUT2D eigenvalue weighted by Gasteiger charge is 2.37. The molecule has 3 nitrogen and oxygen atoms in total. The van der Waals surface area contributed by atoms with Gasteiger partial charge in [-0.05, 0) is 109 Å². The smallest absolute Gasteiger partial charge is 0.180 e. The van der Waals surface area contributed by atoms with Crippen molar-refractivity contribution in [1.82, 2.24) is 0 Å². The van der Waals surface area contributed by atoms with Gasteiger partial charge in [-0.2, -0.15) is 0 Å². The molecule has 0 fully saturated rings. The van der Waals surface area contributed by atoms with Crippen molar-refractivity contribution in [2.24, 2.45) is 0 Å². The number of rotatable bonds is 7. The first-order valence-corrected chi connectivity index (χ1v) is 15.3. The van der Waals surface area contributed by atoms with E-state index in [2.05, 4.69) is 119 Å². The van der Waals surface area contributed by atoms with Crippen molar-refractivity contribution in [3.63, 3.8) is 0 Å². The summed E-state index contributed by atoms with van der Waals surface area (Å²) in [7, 11) is 0. The summed E-state index contributed by atoms with van der Waals surface area (Å²) in [5, 5.41) is 8.82. The molecule has 2 aliphatic rings. The molecule has 0 saturated carbocycles. The predicted molar refractivity (Wildman–Crippen MR) is 179 cm³/mol. The molecule has 0 aliphatic heterocycles. The van der Waals surface area contributed by atoms with Crippen molar-refractivity contribution in [2.75, 3.05) is 13.2 Å². The van der Waals surface area contributed by atoms with Gasteiger partial charge in [0.05, 0.1) is 0 Å². The lowest BCUT2D eigenvalue weighted by Gasteiger charge is -2.23. The van der Waals surface area contributed by atoms with Gasteiger partial charge in [0.15, 0.2) is 5.78 Å². The number of fused-ring (bicyclic) bond motifs is 6. The number of carbonyl (C=O) groups excluding carboxylic acids is 1. The average Bonchev–Trinajstić information content (AvgIpc) is 3.42. The predicted octanol–water partition coefficient (Wildman–Crippen LogP) is 9.13. The molecule has 0 aromatic heterocycles. The number of ether oxygens (including phenoxy) is 1. The van der Waals surface area contributed by atoms with Gasteiger partial charge < -0.3 is 9.84 Å². The Morgan fingerprint density at radius 3 is 1.61 bits per heavy atom. The molecule has 5 aromatic rings. The standard InChI is InChI=1S/C41H36O3/c1-40(2)36-10-6-5-9-32(36)33-19-14-28(23-37(33)40)29-15-20-35-34-18-13-27(22-38(34)41(3,4)39(35)24-29)26-11-16-31(17-12-26)44-21-7-8-30(43)25-42/h5-20,22-24,42H,21,25H2,1-4H3/b8-7+. The molecule has 218 valence electrons. The zero-order valence-corrected chi connectivity index (χ0v) is 25.6. The average molecular weight is 577 g/mol. The van der Waals surface area contributed by atoms with E-state index in [0.717, 1.165) is 11.3 Å². The third kappa shape index (κ3) is 4.51. The van der Waals surface area contributed by atoms with E-state index >= 15 is 0 Å². The molecule has 44 heavy (non-hydrogen) atoms. The van der Waals surface area contributed by atoms with Crippen LogP contribution < -0.4 is 4.74 Å². The highest BCUT2D eigenvalue weighted by molar-refractivity contribution is 5.90. The second-order valence-corrected chi connectivity index (χ2v) is 12.9. The highest BCUT2D eigenvalue weighted by atomic mass is 16.5. The van der Waals surface area contributed by atoms with E-state index in [0.29, 0.717) is 0 Å². The summed E-state index contributed by atoms with van der Waals surface area (Å²) in [6.45, 7) is 9.12. The second kappa shape index (κ2) is 10.5. The third-order valence-electron chi connectivity index (χ3n) is 9.59. The van der Waals surface area contributed by atoms with Crippen LogP contribution in [-0.4, -0.2) is 24.1 Å². The van der Waals surface area contributed by atoms with Crippen LogP contribution in [0, 0.1) is 0 Å². The topological polar surface area (TPSA) is 46.5 Å². The highest BCUT2D eigenvalue weighted by Crippen LogP contribution is 2.52. The molecule has 0 atom stereocenters. The van der Waals surface area contributed by atoms with Gasteiger partial charge in [0.1, 0.15) is 19.0 Å². The van der Waals surface area contributed by atoms with Crippen molar-refractivity contribution in [1.29, 1.82) is 0 Å². The zero-order chi connectivity index (χ0) is 30.6. The molecular formula is C41H36O3. The molecule has 0 amide bonds. The SMILES string of the molecule is CC1(C)c2ccccc2-c2ccc(-c3ccc4c(c3)C(C)(C)c3cc(-c5ccc(OC/C=C/C(=O)CO)cc5)ccc3-4)cc21. The van der Waals surface area contributed by atoms with Crippen LogP contribution in [0.15, 0.2) is 115 Å². The van der Waals surface area contributed by atoms with Crippen molar-refractivity contribution in [3.05, 3.63) is 138 Å². The lowest BCUT2D eigenvalue weighted by Crippen LogP contribution is -2.15. The molecule has 0 radical (unpaired) electrons. The molecule has 7 rings (SSSR count). The summed E-state index contributed by atoms with van der Waals surface area (Å²) in [4.78, 5) is 11.2. The second-order valence-electron chi connectivity index (χ2n) is 12.9. The van der Waals surface area contributed by atoms with Gasteiger partial charge in [0.25, 0.3) is 0 Å². The van der Waals surface area contributed by atoms with Crippen molar-refractivity contribution in [2.45, 2.75) is 38.5 Å². The van der Waals surface area contributed by atoms with E-state index < -0.39 is 6.61 Å². The minimum absolute atomic E-state index is 0.0211. The lowest BCUT2D eigenvalue weighted by molar-refractivity contribution is -0.117. The van der Waals surface area contributed by atoms with E-state index in [4.69, 9.17) is 9.84 Å². The molecule has 0 saturated heterocycles. The van der Waals surface area contributed by atoms with Crippen molar-refractivity contribution in [3.8, 4) is 50.3 Å². The number of carbonyl (C=O) groups is 1. The van der Waals surface area contributed by atoms with Gasteiger partial charge in [-0.15, -0.1) is 0 Å². The van der Waals surface area contributed by atoms with E-state index in [1.807, 2.05) is 12.1 Å². The fraction of sp³-hybridized carbons (Fsp3) is 0.195. The fourth-order valence-corrected chi connectivity index (χ4v) is 7.10. The van der Waals surface area contributed by atoms with Gasteiger partial charge in [0.2, 0.25) is 0 Å². The van der Waals surface area contributed by atoms with E-state index in [1.165, 1.54) is 67.3 Å². The lowest BCUT2D eigenvalue weighted by atomic mass is 9.80. The Morgan fingerprint density at radius 1 is 0.614 bits per heavy atom. The minimum atomic E-state index is -0.488. The van der Waals surface area contributed by atoms with Crippen molar-refractivity contribution < 1.29 is 14.6 Å². The van der Waals surface area contributed by atoms with E-state index in [-0.39, 0.29) is 23.2 Å². The number of aliphatic hydroxyl groups excluding tert-OH is 1. The first kappa shape index (κ1) is 28.1. The Bertz CT molecular complexity index is 1960. The van der Waals surface area contributed by atoms with Crippen LogP contribution in [0.25, 0.3) is 44.5 Å². The molecule has 3 heteroatoms. The fourth-order valence-electron chi connectivity index (χ4n) is 7.10. The Labute approximate surface area is 259 Å². The maximum Gasteiger partial charge on any atom is 0.180 e. The van der Waals surface area contributed by atoms with Crippen LogP contribution >= 0.6 is 0 Å². The normalized spacial score (nSPS) is 15.0. The molecule has 0 spiro atoms. The third-order valence-corrected chi connectivity index (χ3v) is 9.59. The van der Waals surface area contributed by atoms with Crippen LogP contribution in [0.5, 0.6) is 5.75 Å². The number of hydrogen-bond donors (Lipinski definition) is 1. The summed E-state index contributed by atoms with van der Waals surface area (Å²) in [5.41, 5.74) is 15.5. The minimum Gasteiger partial charge on any atom is -0.490 e. The summed E-state index contributed by atoms with van der Waals surface area (Å²) in [5.74, 6) is 0.399. The van der Waals surface area contributed by atoms with Gasteiger partial charge in [-0.25, -0.2) is 0 Å². The Balaban J connectivity index is 1.16. The Kier molecular flexibility index (Phi) is 6.68. The number of hydrogen-bond acceptors (Lipinski definition) is 3. The molecule has 0 heterocycles. The first-order valence-electron chi connectivity index (χ1n) is 15.3. The maximum atomic E-state index is 11.2. The number of aliphatic hydroxyl groups is 1. The summed E-state index contributed by atoms with van der Waals surface area (Å²) in [6, 6.07) is 37.6. The van der Waals surface area contributed by atoms with Crippen LogP contribution in [0.1, 0.15) is 49.9 Å². The van der Waals surface area contributed by atoms with Crippen LogP contribution in [0.3, 0.4) is 0 Å². The first-order chi connectivity index (χ1) is 21.2. The monoisotopic (exact) mass is 576 g/mol. The largest absolute Gasteiger partial charge is 0.490 e. The van der Waals surface area contributed by atoms with E-state index in [9.17, 15) is 4.79 Å². The number of ketones is 1. The van der Waals surface area contributed by atoms with Crippen LogP contribution in [0.4, 0.5) is 0 Å². The summed E-state index contributed by atoms with van der Waals surface area (Å²) in [6.07, 6.45) is 2.95. The van der Waals surface area contributed by atoms with Crippen LogP contribution in [0.2, 0.25) is 0 Å². The molecule has 1 N–H and O–H groups in total. The quantitative estimate of drug-likeness (QED) is 0.197. The summed E-state index contributed by atoms with van der Waals surface area (Å²) < 4.78 is 5.72. The van der Waals surface area contributed by atoms with E-state index in [1.54, 1.807) is 6.08 Å². The van der Waals surface area contributed by atoms with Gasteiger partial charge in [-0.3, -0.25) is 4.79 Å². The molecule has 2 aliphatic carbocycles. The Hall–Kier alpha value is -4.73.